The molecule has 6 nitrogen and oxygen atoms in total. The zero-order chi connectivity index (χ0) is 19.9. The second kappa shape index (κ2) is 9.35. The number of aryl methyl sites for hydroxylation is 1. The first kappa shape index (κ1) is 19.9. The fraction of sp³-hybridized carbons (Fsp3) is 0.409. The number of nitrogens with zero attached hydrogens (tertiary/aromatic N) is 1. The number of ether oxygens (including phenoxy) is 1. The van der Waals surface area contributed by atoms with E-state index in [1.54, 1.807) is 19.5 Å². The summed E-state index contributed by atoms with van der Waals surface area (Å²) < 4.78 is 5.33. The molecule has 0 spiro atoms. The molecule has 1 heterocycles. The Hall–Kier alpha value is -2.89. The van der Waals surface area contributed by atoms with Crippen LogP contribution >= 0.6 is 0 Å². The highest BCUT2D eigenvalue weighted by atomic mass is 16.5. The van der Waals surface area contributed by atoms with Crippen LogP contribution in [0.25, 0.3) is 0 Å². The number of benzene rings is 1. The number of methoxy groups -OCH3 is 1. The van der Waals surface area contributed by atoms with Gasteiger partial charge < -0.3 is 15.4 Å². The minimum Gasteiger partial charge on any atom is -0.495 e. The van der Waals surface area contributed by atoms with E-state index in [0.717, 1.165) is 24.0 Å². The number of amides is 2. The first-order chi connectivity index (χ1) is 13.6. The number of aromatic nitrogens is 1. The van der Waals surface area contributed by atoms with Crippen LogP contribution in [-0.4, -0.2) is 23.9 Å². The topological polar surface area (TPSA) is 80.3 Å². The predicted molar refractivity (Wildman–Crippen MR) is 108 cm³/mol. The van der Waals surface area contributed by atoms with Crippen molar-refractivity contribution < 1.29 is 14.3 Å². The molecular weight excluding hydrogens is 354 g/mol. The van der Waals surface area contributed by atoms with Crippen molar-refractivity contribution >= 4 is 17.5 Å². The van der Waals surface area contributed by atoms with Gasteiger partial charge in [-0.2, -0.15) is 0 Å². The number of nitrogens with one attached hydrogen (secondary N) is 2. The quantitative estimate of drug-likeness (QED) is 0.803. The summed E-state index contributed by atoms with van der Waals surface area (Å²) in [5.41, 5.74) is 2.74. The second-order valence-corrected chi connectivity index (χ2v) is 7.32. The number of carbonyl (C=O) groups excluding carboxylic acids is 2. The maximum absolute atomic E-state index is 12.7. The molecule has 0 atom stereocenters. The Morgan fingerprint density at radius 2 is 1.82 bits per heavy atom. The third kappa shape index (κ3) is 5.09. The van der Waals surface area contributed by atoms with Gasteiger partial charge in [0.15, 0.2) is 0 Å². The molecule has 0 bridgehead atoms. The molecule has 2 amide bonds. The summed E-state index contributed by atoms with van der Waals surface area (Å²) in [6, 6.07) is 9.51. The Balaban J connectivity index is 1.48. The average Bonchev–Trinajstić information content (AvgIpc) is 2.73. The van der Waals surface area contributed by atoms with Crippen LogP contribution in [0, 0.1) is 18.8 Å². The number of rotatable bonds is 6. The van der Waals surface area contributed by atoms with E-state index in [1.807, 2.05) is 37.3 Å². The zero-order valence-corrected chi connectivity index (χ0v) is 16.4. The van der Waals surface area contributed by atoms with Gasteiger partial charge in [-0.05, 0) is 61.9 Å². The lowest BCUT2D eigenvalue weighted by molar-refractivity contribution is -0.128. The molecule has 1 fully saturated rings. The number of anilines is 1. The lowest BCUT2D eigenvalue weighted by Crippen LogP contribution is -2.35. The molecule has 2 N–H and O–H groups in total. The van der Waals surface area contributed by atoms with Crippen molar-refractivity contribution in [3.63, 3.8) is 0 Å². The molecule has 1 aliphatic carbocycles. The van der Waals surface area contributed by atoms with Crippen LogP contribution in [0.5, 0.6) is 5.75 Å². The Kier molecular flexibility index (Phi) is 6.63. The molecule has 148 valence electrons. The van der Waals surface area contributed by atoms with Crippen LogP contribution in [-0.2, 0) is 16.1 Å². The molecule has 1 saturated carbocycles. The van der Waals surface area contributed by atoms with E-state index in [1.165, 1.54) is 0 Å². The summed E-state index contributed by atoms with van der Waals surface area (Å²) in [6.45, 7) is 2.46. The number of hydrogen-bond donors (Lipinski definition) is 2. The monoisotopic (exact) mass is 381 g/mol. The summed E-state index contributed by atoms with van der Waals surface area (Å²) >= 11 is 0. The summed E-state index contributed by atoms with van der Waals surface area (Å²) in [5.74, 6) is 0.602. The van der Waals surface area contributed by atoms with E-state index in [4.69, 9.17) is 4.74 Å². The summed E-state index contributed by atoms with van der Waals surface area (Å²) in [5, 5.41) is 5.97. The Morgan fingerprint density at radius 1 is 1.11 bits per heavy atom. The Labute approximate surface area is 165 Å². The molecule has 0 saturated heterocycles. The summed E-state index contributed by atoms with van der Waals surface area (Å²) in [6.07, 6.45) is 6.34. The molecular formula is C22H27N3O3. The Morgan fingerprint density at radius 3 is 2.46 bits per heavy atom. The molecule has 28 heavy (non-hydrogen) atoms. The van der Waals surface area contributed by atoms with Crippen LogP contribution in [0.3, 0.4) is 0 Å². The molecule has 1 aromatic heterocycles. The first-order valence-corrected chi connectivity index (χ1v) is 9.69. The number of carbonyl (C=O) groups is 2. The van der Waals surface area contributed by atoms with Gasteiger partial charge in [0.1, 0.15) is 5.75 Å². The van der Waals surface area contributed by atoms with Gasteiger partial charge in [0.05, 0.1) is 12.8 Å². The third-order valence-corrected chi connectivity index (χ3v) is 5.27. The van der Waals surface area contributed by atoms with Crippen molar-refractivity contribution in [1.29, 1.82) is 0 Å². The van der Waals surface area contributed by atoms with Crippen LogP contribution in [0.2, 0.25) is 0 Å². The van der Waals surface area contributed by atoms with Crippen LogP contribution in [0.15, 0.2) is 42.7 Å². The van der Waals surface area contributed by atoms with Crippen LogP contribution in [0.1, 0.15) is 36.8 Å². The van der Waals surface area contributed by atoms with Crippen molar-refractivity contribution in [1.82, 2.24) is 10.3 Å². The predicted octanol–water partition coefficient (Wildman–Crippen LogP) is 3.46. The lowest BCUT2D eigenvalue weighted by Gasteiger charge is -2.27. The smallest absolute Gasteiger partial charge is 0.227 e. The van der Waals surface area contributed by atoms with E-state index in [2.05, 4.69) is 15.6 Å². The highest BCUT2D eigenvalue weighted by molar-refractivity contribution is 5.94. The van der Waals surface area contributed by atoms with Crippen molar-refractivity contribution in [2.75, 3.05) is 12.4 Å². The molecule has 0 radical (unpaired) electrons. The van der Waals surface area contributed by atoms with E-state index >= 15 is 0 Å². The molecule has 2 aromatic rings. The van der Waals surface area contributed by atoms with Crippen molar-refractivity contribution in [3.05, 3.63) is 53.9 Å². The van der Waals surface area contributed by atoms with Gasteiger partial charge in [-0.15, -0.1) is 0 Å². The Bertz CT molecular complexity index is 815. The average molecular weight is 381 g/mol. The summed E-state index contributed by atoms with van der Waals surface area (Å²) in [4.78, 5) is 29.1. The number of hydrogen-bond acceptors (Lipinski definition) is 4. The lowest BCUT2D eigenvalue weighted by atomic mass is 9.81. The molecule has 6 heteroatoms. The van der Waals surface area contributed by atoms with E-state index in [0.29, 0.717) is 30.8 Å². The fourth-order valence-corrected chi connectivity index (χ4v) is 3.61. The highest BCUT2D eigenvalue weighted by Gasteiger charge is 2.30. The van der Waals surface area contributed by atoms with Gasteiger partial charge in [0.2, 0.25) is 11.8 Å². The minimum atomic E-state index is -0.0763. The van der Waals surface area contributed by atoms with Gasteiger partial charge in [-0.3, -0.25) is 14.6 Å². The number of pyridine rings is 1. The molecule has 0 aliphatic heterocycles. The summed E-state index contributed by atoms with van der Waals surface area (Å²) in [7, 11) is 1.59. The maximum Gasteiger partial charge on any atom is 0.227 e. The zero-order valence-electron chi connectivity index (χ0n) is 16.4. The fourth-order valence-electron chi connectivity index (χ4n) is 3.61. The first-order valence-electron chi connectivity index (χ1n) is 9.69. The van der Waals surface area contributed by atoms with Gasteiger partial charge in [0, 0.05) is 30.8 Å². The molecule has 1 aliphatic rings. The third-order valence-electron chi connectivity index (χ3n) is 5.27. The van der Waals surface area contributed by atoms with Crippen LogP contribution in [0.4, 0.5) is 5.69 Å². The molecule has 3 rings (SSSR count). The SMILES string of the molecule is COc1ccc(C)cc1NC(=O)C1CCC(C(=O)NCc2cccnc2)CC1. The van der Waals surface area contributed by atoms with Crippen molar-refractivity contribution in [2.45, 2.75) is 39.2 Å². The van der Waals surface area contributed by atoms with E-state index < -0.39 is 0 Å². The van der Waals surface area contributed by atoms with Gasteiger partial charge in [-0.25, -0.2) is 0 Å². The van der Waals surface area contributed by atoms with Crippen molar-refractivity contribution in [3.8, 4) is 5.75 Å². The highest BCUT2D eigenvalue weighted by Crippen LogP contribution is 2.31. The maximum atomic E-state index is 12.7. The normalized spacial score (nSPS) is 18.9. The van der Waals surface area contributed by atoms with Crippen LogP contribution < -0.4 is 15.4 Å². The van der Waals surface area contributed by atoms with E-state index in [9.17, 15) is 9.59 Å². The van der Waals surface area contributed by atoms with Gasteiger partial charge >= 0.3 is 0 Å². The van der Waals surface area contributed by atoms with Crippen molar-refractivity contribution in [2.24, 2.45) is 11.8 Å². The largest absolute Gasteiger partial charge is 0.495 e. The van der Waals surface area contributed by atoms with E-state index in [-0.39, 0.29) is 23.7 Å². The minimum absolute atomic E-state index is 0.00174. The standard InChI is InChI=1S/C22H27N3O3/c1-15-5-10-20(28-2)19(12-15)25-22(27)18-8-6-17(7-9-18)21(26)24-14-16-4-3-11-23-13-16/h3-5,10-13,17-18H,6-9,14H2,1-2H3,(H,24,26)(H,25,27). The van der Waals surface area contributed by atoms with Gasteiger partial charge in [0.25, 0.3) is 0 Å². The molecule has 0 unspecified atom stereocenters. The second-order valence-electron chi connectivity index (χ2n) is 7.32. The van der Waals surface area contributed by atoms with Gasteiger partial charge in [-0.1, -0.05) is 12.1 Å². The molecule has 1 aromatic carbocycles.